The molecule has 0 saturated heterocycles. The number of rotatable bonds is 4. The van der Waals surface area contributed by atoms with Crippen LogP contribution >= 0.6 is 0 Å². The van der Waals surface area contributed by atoms with Crippen molar-refractivity contribution < 1.29 is 8.83 Å². The average Bonchev–Trinajstić information content (AvgIpc) is 4.03. The predicted molar refractivity (Wildman–Crippen MR) is 237 cm³/mol. The fourth-order valence-corrected chi connectivity index (χ4v) is 10.4. The van der Waals surface area contributed by atoms with Gasteiger partial charge < -0.3 is 13.7 Å². The van der Waals surface area contributed by atoms with Gasteiger partial charge in [-0.1, -0.05) is 146 Å². The molecule has 11 aromatic rings. The molecule has 3 nitrogen and oxygen atoms in total. The maximum Gasteiger partial charge on any atom is 0.147 e. The summed E-state index contributed by atoms with van der Waals surface area (Å²) in [5.41, 5.74) is 19.0. The minimum atomic E-state index is -0.418. The first-order chi connectivity index (χ1) is 28.8. The van der Waals surface area contributed by atoms with Gasteiger partial charge in [-0.3, -0.25) is 0 Å². The van der Waals surface area contributed by atoms with Crippen LogP contribution in [0.3, 0.4) is 0 Å². The van der Waals surface area contributed by atoms with Gasteiger partial charge in [0.15, 0.2) is 0 Å². The van der Waals surface area contributed by atoms with Gasteiger partial charge in [0.2, 0.25) is 0 Å². The molecule has 0 radical (unpaired) electrons. The number of para-hydroxylation sites is 2. The fraction of sp³-hybridized carbons (Fsp3) is 0.0182. The normalized spacial score (nSPS) is 13.3. The van der Waals surface area contributed by atoms with Crippen molar-refractivity contribution in [2.75, 3.05) is 4.90 Å². The highest BCUT2D eigenvalue weighted by Gasteiger charge is 2.52. The third-order valence-electron chi connectivity index (χ3n) is 12.7. The first-order valence-corrected chi connectivity index (χ1v) is 19.9. The third-order valence-corrected chi connectivity index (χ3v) is 12.7. The number of anilines is 3. The number of hydrogen-bond donors (Lipinski definition) is 0. The maximum absolute atomic E-state index is 6.54. The maximum atomic E-state index is 6.54. The van der Waals surface area contributed by atoms with Gasteiger partial charge >= 0.3 is 0 Å². The Morgan fingerprint density at radius 3 is 1.69 bits per heavy atom. The molecule has 0 fully saturated rings. The van der Waals surface area contributed by atoms with E-state index in [4.69, 9.17) is 8.83 Å². The average molecular weight is 740 g/mol. The van der Waals surface area contributed by atoms with Crippen LogP contribution in [0.4, 0.5) is 17.1 Å². The molecular formula is C55H33NO2. The van der Waals surface area contributed by atoms with Gasteiger partial charge in [0.25, 0.3) is 0 Å². The number of fused-ring (bicyclic) bond motifs is 17. The molecule has 13 rings (SSSR count). The second-order valence-corrected chi connectivity index (χ2v) is 15.5. The van der Waals surface area contributed by atoms with Gasteiger partial charge in [-0.2, -0.15) is 0 Å². The van der Waals surface area contributed by atoms with Gasteiger partial charge in [0.05, 0.1) is 16.5 Å². The molecule has 2 aliphatic carbocycles. The van der Waals surface area contributed by atoms with Crippen LogP contribution in [0.2, 0.25) is 0 Å². The minimum Gasteiger partial charge on any atom is -0.456 e. The summed E-state index contributed by atoms with van der Waals surface area (Å²) < 4.78 is 13.0. The van der Waals surface area contributed by atoms with E-state index in [1.165, 1.54) is 44.5 Å². The molecule has 2 aromatic heterocycles. The molecule has 58 heavy (non-hydrogen) atoms. The molecule has 9 aromatic carbocycles. The monoisotopic (exact) mass is 739 g/mol. The molecule has 2 heterocycles. The van der Waals surface area contributed by atoms with Crippen LogP contribution < -0.4 is 4.90 Å². The van der Waals surface area contributed by atoms with Crippen LogP contribution in [0.1, 0.15) is 22.3 Å². The Bertz CT molecular complexity index is 3420. The number of furan rings is 2. The van der Waals surface area contributed by atoms with Crippen molar-refractivity contribution in [2.45, 2.75) is 5.41 Å². The van der Waals surface area contributed by atoms with Crippen LogP contribution in [0.15, 0.2) is 209 Å². The summed E-state index contributed by atoms with van der Waals surface area (Å²) in [5, 5.41) is 4.28. The van der Waals surface area contributed by atoms with Crippen molar-refractivity contribution in [2.24, 2.45) is 0 Å². The van der Waals surface area contributed by atoms with E-state index >= 15 is 0 Å². The molecule has 0 amide bonds. The number of nitrogens with zero attached hydrogens (tertiary/aromatic N) is 1. The minimum absolute atomic E-state index is 0.418. The van der Waals surface area contributed by atoms with Crippen molar-refractivity contribution in [3.63, 3.8) is 0 Å². The Kier molecular flexibility index (Phi) is 6.37. The lowest BCUT2D eigenvalue weighted by Crippen LogP contribution is -2.26. The first-order valence-electron chi connectivity index (χ1n) is 19.9. The van der Waals surface area contributed by atoms with Gasteiger partial charge in [0, 0.05) is 33.1 Å². The topological polar surface area (TPSA) is 29.5 Å². The summed E-state index contributed by atoms with van der Waals surface area (Å²) in [7, 11) is 0. The van der Waals surface area contributed by atoms with E-state index in [-0.39, 0.29) is 0 Å². The molecule has 2 aliphatic rings. The Morgan fingerprint density at radius 2 is 0.914 bits per heavy atom. The second-order valence-electron chi connectivity index (χ2n) is 15.5. The van der Waals surface area contributed by atoms with E-state index in [0.717, 1.165) is 72.1 Å². The fourth-order valence-electron chi connectivity index (χ4n) is 10.4. The summed E-state index contributed by atoms with van der Waals surface area (Å²) in [6.45, 7) is 0. The van der Waals surface area contributed by atoms with Crippen LogP contribution in [-0.2, 0) is 5.41 Å². The highest BCUT2D eigenvalue weighted by Crippen LogP contribution is 2.64. The summed E-state index contributed by atoms with van der Waals surface area (Å²) in [4.78, 5) is 2.43. The molecule has 3 heteroatoms. The van der Waals surface area contributed by atoms with Crippen LogP contribution in [0.25, 0.3) is 77.3 Å². The number of hydrogen-bond acceptors (Lipinski definition) is 3. The molecule has 1 spiro atoms. The van der Waals surface area contributed by atoms with E-state index in [0.29, 0.717) is 0 Å². The van der Waals surface area contributed by atoms with E-state index in [2.05, 4.69) is 193 Å². The highest BCUT2D eigenvalue weighted by atomic mass is 16.3. The van der Waals surface area contributed by atoms with Crippen molar-refractivity contribution in [1.29, 1.82) is 0 Å². The van der Waals surface area contributed by atoms with Gasteiger partial charge in [-0.05, 0) is 105 Å². The molecule has 270 valence electrons. The lowest BCUT2D eigenvalue weighted by atomic mass is 9.70. The Labute approximate surface area is 334 Å². The van der Waals surface area contributed by atoms with Crippen molar-refractivity contribution >= 4 is 60.9 Å². The third kappa shape index (κ3) is 4.07. The molecule has 0 atom stereocenters. The molecule has 0 N–H and O–H groups in total. The number of benzene rings is 9. The van der Waals surface area contributed by atoms with E-state index < -0.39 is 5.41 Å². The molecule has 0 saturated carbocycles. The first kappa shape index (κ1) is 31.6. The molecule has 0 unspecified atom stereocenters. The standard InChI is InChI=1S/C55H33NO2/c1-2-14-35(15-3-1)56(47-25-13-24-46-51(47)42-19-6-10-23-45(42)55(46)43-21-8-4-16-38(43)39-17-5-9-22-44(39)55)36-30-28-34(29-31-36)37-20-12-27-49-52(37)53-50(57-49)33-32-41-40-18-7-11-26-48(40)58-54(41)53/h1-33H. The second kappa shape index (κ2) is 11.7. The van der Waals surface area contributed by atoms with E-state index in [9.17, 15) is 0 Å². The highest BCUT2D eigenvalue weighted by molar-refractivity contribution is 6.24. The van der Waals surface area contributed by atoms with Crippen molar-refractivity contribution in [1.82, 2.24) is 0 Å². The largest absolute Gasteiger partial charge is 0.456 e. The molecular weight excluding hydrogens is 707 g/mol. The van der Waals surface area contributed by atoms with E-state index in [1.807, 2.05) is 12.1 Å². The van der Waals surface area contributed by atoms with Crippen molar-refractivity contribution in [3.05, 3.63) is 222 Å². The zero-order chi connectivity index (χ0) is 38.0. The van der Waals surface area contributed by atoms with Crippen LogP contribution in [-0.4, -0.2) is 0 Å². The molecule has 0 aliphatic heterocycles. The Morgan fingerprint density at radius 1 is 0.345 bits per heavy atom. The zero-order valence-corrected chi connectivity index (χ0v) is 31.3. The van der Waals surface area contributed by atoms with Gasteiger partial charge in [-0.25, -0.2) is 0 Å². The molecule has 0 bridgehead atoms. The summed E-state index contributed by atoms with van der Waals surface area (Å²) >= 11 is 0. The quantitative estimate of drug-likeness (QED) is 0.180. The van der Waals surface area contributed by atoms with Crippen LogP contribution in [0.5, 0.6) is 0 Å². The zero-order valence-electron chi connectivity index (χ0n) is 31.3. The summed E-state index contributed by atoms with van der Waals surface area (Å²) in [6.07, 6.45) is 0. The lowest BCUT2D eigenvalue weighted by molar-refractivity contribution is 0.663. The SMILES string of the molecule is c1ccc(N(c2ccc(-c3cccc4oc5ccc6c7ccccc7oc6c5c34)cc2)c2cccc3c2-c2ccccc2C32c3ccccc3-c3ccccc32)cc1. The van der Waals surface area contributed by atoms with Gasteiger partial charge in [0.1, 0.15) is 22.3 Å². The van der Waals surface area contributed by atoms with Gasteiger partial charge in [-0.15, -0.1) is 0 Å². The van der Waals surface area contributed by atoms with Crippen LogP contribution in [0, 0.1) is 0 Å². The summed E-state index contributed by atoms with van der Waals surface area (Å²) in [5.74, 6) is 0. The lowest BCUT2D eigenvalue weighted by Gasteiger charge is -2.31. The Balaban J connectivity index is 1.02. The predicted octanol–water partition coefficient (Wildman–Crippen LogP) is 15.0. The smallest absolute Gasteiger partial charge is 0.147 e. The van der Waals surface area contributed by atoms with Crippen molar-refractivity contribution in [3.8, 4) is 33.4 Å². The Hall–Kier alpha value is -7.62. The van der Waals surface area contributed by atoms with E-state index in [1.54, 1.807) is 0 Å². The summed E-state index contributed by atoms with van der Waals surface area (Å²) in [6, 6.07) is 72.5.